The van der Waals surface area contributed by atoms with Crippen LogP contribution in [0.4, 0.5) is 10.1 Å². The van der Waals surface area contributed by atoms with Crippen LogP contribution in [0, 0.1) is 23.1 Å². The number of alkyl halides is 1. The second kappa shape index (κ2) is 5.55. The summed E-state index contributed by atoms with van der Waals surface area (Å²) in [6.07, 6.45) is 7.97. The highest BCUT2D eigenvalue weighted by Crippen LogP contribution is 2.65. The second-order valence-electron chi connectivity index (χ2n) is 7.96. The van der Waals surface area contributed by atoms with Crippen molar-refractivity contribution in [1.82, 2.24) is 0 Å². The Morgan fingerprint density at radius 2 is 1.96 bits per heavy atom. The maximum Gasteiger partial charge on any atom is 0.224 e. The number of hydrogen-bond acceptors (Lipinski definition) is 1. The van der Waals surface area contributed by atoms with Crippen molar-refractivity contribution >= 4 is 43.5 Å². The van der Waals surface area contributed by atoms with E-state index in [0.717, 1.165) is 18.3 Å². The van der Waals surface area contributed by atoms with Crippen molar-refractivity contribution in [3.05, 3.63) is 28.5 Å². The van der Waals surface area contributed by atoms with Gasteiger partial charge in [0, 0.05) is 15.2 Å². The van der Waals surface area contributed by atoms with Gasteiger partial charge < -0.3 is 5.32 Å². The van der Waals surface area contributed by atoms with Crippen molar-refractivity contribution in [2.24, 2.45) is 17.3 Å². The molecule has 2 nitrogen and oxygen atoms in total. The largest absolute Gasteiger partial charge is 0.325 e. The first kappa shape index (κ1) is 16.1. The van der Waals surface area contributed by atoms with Gasteiger partial charge >= 0.3 is 0 Å². The Labute approximate surface area is 152 Å². The SMILES string of the molecule is O=C(CC12CC3CC(CC(Br)(C3)C1)C2)Nc1ccc(F)cc1Br. The van der Waals surface area contributed by atoms with Gasteiger partial charge in [0.15, 0.2) is 0 Å². The van der Waals surface area contributed by atoms with E-state index in [1.807, 2.05) is 0 Å². The van der Waals surface area contributed by atoms with Gasteiger partial charge in [-0.2, -0.15) is 0 Å². The van der Waals surface area contributed by atoms with Gasteiger partial charge in [0.05, 0.1) is 5.69 Å². The number of halogens is 3. The molecule has 0 spiro atoms. The van der Waals surface area contributed by atoms with Gasteiger partial charge in [-0.1, -0.05) is 15.9 Å². The molecule has 0 saturated heterocycles. The number of rotatable bonds is 3. The average Bonchev–Trinajstić information content (AvgIpc) is 2.38. The van der Waals surface area contributed by atoms with E-state index in [-0.39, 0.29) is 21.5 Å². The van der Waals surface area contributed by atoms with Crippen LogP contribution < -0.4 is 5.32 Å². The molecule has 1 N–H and O–H groups in total. The Morgan fingerprint density at radius 3 is 2.57 bits per heavy atom. The Kier molecular flexibility index (Phi) is 3.88. The van der Waals surface area contributed by atoms with Gasteiger partial charge in [0.2, 0.25) is 5.91 Å². The van der Waals surface area contributed by atoms with Crippen LogP contribution in [0.3, 0.4) is 0 Å². The molecule has 124 valence electrons. The molecular formula is C18H20Br2FNO. The van der Waals surface area contributed by atoms with Crippen LogP contribution in [0.2, 0.25) is 0 Å². The van der Waals surface area contributed by atoms with Crippen molar-refractivity contribution in [3.63, 3.8) is 0 Å². The number of carbonyl (C=O) groups excluding carboxylic acids is 1. The summed E-state index contributed by atoms with van der Waals surface area (Å²) in [5, 5.41) is 2.96. The topological polar surface area (TPSA) is 29.1 Å². The van der Waals surface area contributed by atoms with Gasteiger partial charge in [0.25, 0.3) is 0 Å². The Bertz CT molecular complexity index is 648. The molecule has 1 amide bonds. The van der Waals surface area contributed by atoms with E-state index in [4.69, 9.17) is 0 Å². The van der Waals surface area contributed by atoms with Crippen LogP contribution in [0.15, 0.2) is 22.7 Å². The summed E-state index contributed by atoms with van der Waals surface area (Å²) in [5.74, 6) is 1.30. The second-order valence-corrected chi connectivity index (χ2v) is 10.5. The fraction of sp³-hybridized carbons (Fsp3) is 0.611. The molecule has 2 unspecified atom stereocenters. The zero-order valence-corrected chi connectivity index (χ0v) is 16.1. The molecule has 0 heterocycles. The first-order chi connectivity index (χ1) is 10.8. The van der Waals surface area contributed by atoms with Gasteiger partial charge in [-0.3, -0.25) is 4.79 Å². The van der Waals surface area contributed by atoms with E-state index >= 15 is 0 Å². The van der Waals surface area contributed by atoms with Crippen LogP contribution in [0.5, 0.6) is 0 Å². The van der Waals surface area contributed by atoms with Crippen molar-refractivity contribution in [2.75, 3.05) is 5.32 Å². The molecule has 5 heteroatoms. The Morgan fingerprint density at radius 1 is 1.26 bits per heavy atom. The normalized spacial score (nSPS) is 37.9. The molecule has 4 bridgehead atoms. The molecule has 5 rings (SSSR count). The molecule has 4 saturated carbocycles. The lowest BCUT2D eigenvalue weighted by atomic mass is 9.48. The molecule has 4 aliphatic rings. The zero-order valence-electron chi connectivity index (χ0n) is 12.9. The lowest BCUT2D eigenvalue weighted by Crippen LogP contribution is -2.53. The Balaban J connectivity index is 1.48. The van der Waals surface area contributed by atoms with E-state index < -0.39 is 0 Å². The van der Waals surface area contributed by atoms with Crippen molar-refractivity contribution in [2.45, 2.75) is 49.3 Å². The van der Waals surface area contributed by atoms with Gasteiger partial charge in [-0.15, -0.1) is 0 Å². The molecule has 4 fully saturated rings. The molecule has 1 aromatic carbocycles. The average molecular weight is 445 g/mol. The maximum absolute atomic E-state index is 13.2. The summed E-state index contributed by atoms with van der Waals surface area (Å²) in [7, 11) is 0. The highest BCUT2D eigenvalue weighted by Gasteiger charge is 2.57. The summed E-state index contributed by atoms with van der Waals surface area (Å²) >= 11 is 7.30. The third kappa shape index (κ3) is 3.11. The lowest BCUT2D eigenvalue weighted by Gasteiger charge is -2.60. The third-order valence-electron chi connectivity index (χ3n) is 5.85. The van der Waals surface area contributed by atoms with Crippen LogP contribution in [-0.4, -0.2) is 10.2 Å². The number of benzene rings is 1. The fourth-order valence-electron chi connectivity index (χ4n) is 5.67. The minimum absolute atomic E-state index is 0.0513. The molecule has 0 radical (unpaired) electrons. The summed E-state index contributed by atoms with van der Waals surface area (Å²) in [5.41, 5.74) is 0.805. The number of amides is 1. The predicted octanol–water partition coefficient (Wildman–Crippen LogP) is 5.65. The molecule has 0 aliphatic heterocycles. The molecular weight excluding hydrogens is 425 g/mol. The fourth-order valence-corrected chi connectivity index (χ4v) is 7.63. The monoisotopic (exact) mass is 443 g/mol. The quantitative estimate of drug-likeness (QED) is 0.599. The van der Waals surface area contributed by atoms with Gasteiger partial charge in [0.1, 0.15) is 5.82 Å². The minimum atomic E-state index is -0.308. The summed E-state index contributed by atoms with van der Waals surface area (Å²) in [6.45, 7) is 0. The summed E-state index contributed by atoms with van der Waals surface area (Å²) < 4.78 is 14.0. The van der Waals surface area contributed by atoms with E-state index in [9.17, 15) is 9.18 Å². The summed E-state index contributed by atoms with van der Waals surface area (Å²) in [4.78, 5) is 12.6. The van der Waals surface area contributed by atoms with E-state index in [1.165, 1.54) is 44.2 Å². The smallest absolute Gasteiger partial charge is 0.224 e. The number of nitrogens with one attached hydrogen (secondary N) is 1. The zero-order chi connectivity index (χ0) is 16.2. The number of carbonyl (C=O) groups is 1. The number of anilines is 1. The standard InChI is InChI=1S/C18H20Br2FNO/c19-14-4-13(21)1-2-15(14)22-16(23)9-17-5-11-3-12(6-17)8-18(20,7-11)10-17/h1-2,4,11-12H,3,5-10H2,(H,22,23). The number of hydrogen-bond donors (Lipinski definition) is 1. The third-order valence-corrected chi connectivity index (χ3v) is 7.44. The van der Waals surface area contributed by atoms with Crippen LogP contribution in [-0.2, 0) is 4.79 Å². The van der Waals surface area contributed by atoms with Crippen molar-refractivity contribution < 1.29 is 9.18 Å². The van der Waals surface area contributed by atoms with Crippen LogP contribution >= 0.6 is 31.9 Å². The molecule has 4 aliphatic carbocycles. The van der Waals surface area contributed by atoms with Crippen molar-refractivity contribution in [1.29, 1.82) is 0 Å². The van der Waals surface area contributed by atoms with Crippen molar-refractivity contribution in [3.8, 4) is 0 Å². The maximum atomic E-state index is 13.2. The van der Waals surface area contributed by atoms with E-state index in [2.05, 4.69) is 37.2 Å². The summed E-state index contributed by atoms with van der Waals surface area (Å²) in [6, 6.07) is 4.37. The van der Waals surface area contributed by atoms with Gasteiger partial charge in [-0.05, 0) is 89.9 Å². The first-order valence-corrected chi connectivity index (χ1v) is 9.87. The first-order valence-electron chi connectivity index (χ1n) is 8.29. The highest BCUT2D eigenvalue weighted by molar-refractivity contribution is 9.10. The molecule has 2 atom stereocenters. The van der Waals surface area contributed by atoms with E-state index in [0.29, 0.717) is 16.6 Å². The lowest BCUT2D eigenvalue weighted by molar-refractivity contribution is -0.123. The predicted molar refractivity (Wildman–Crippen MR) is 96.1 cm³/mol. The molecule has 0 aromatic heterocycles. The van der Waals surface area contributed by atoms with E-state index in [1.54, 1.807) is 6.07 Å². The van der Waals surface area contributed by atoms with Crippen LogP contribution in [0.1, 0.15) is 44.9 Å². The molecule has 23 heavy (non-hydrogen) atoms. The Hall–Kier alpha value is -0.420. The minimum Gasteiger partial charge on any atom is -0.325 e. The van der Waals surface area contributed by atoms with Gasteiger partial charge in [-0.25, -0.2) is 4.39 Å². The highest BCUT2D eigenvalue weighted by atomic mass is 79.9. The molecule has 1 aromatic rings. The van der Waals surface area contributed by atoms with Crippen LogP contribution in [0.25, 0.3) is 0 Å².